The van der Waals surface area contributed by atoms with Crippen LogP contribution in [0.25, 0.3) is 0 Å². The number of hydrogen-bond donors (Lipinski definition) is 2. The molecule has 1 aliphatic rings. The van der Waals surface area contributed by atoms with Crippen molar-refractivity contribution in [3.63, 3.8) is 0 Å². The first-order valence-electron chi connectivity index (χ1n) is 8.43. The lowest BCUT2D eigenvalue weighted by Crippen LogP contribution is -2.33. The molecule has 3 N–H and O–H groups in total. The van der Waals surface area contributed by atoms with Crippen LogP contribution in [0.5, 0.6) is 5.75 Å². The number of amides is 2. The average molecular weight is 359 g/mol. The predicted molar refractivity (Wildman–Crippen MR) is 95.7 cm³/mol. The molecule has 1 aliphatic heterocycles. The molecular weight excluding hydrogens is 337 g/mol. The van der Waals surface area contributed by atoms with Gasteiger partial charge in [0.2, 0.25) is 0 Å². The number of primary amides is 1. The Morgan fingerprint density at radius 3 is 2.92 bits per heavy atom. The molecule has 0 aromatic heterocycles. The first-order valence-corrected chi connectivity index (χ1v) is 8.43. The van der Waals surface area contributed by atoms with Crippen LogP contribution in [-0.2, 0) is 19.5 Å². The number of fused-ring (bicyclic) bond motifs is 1. The number of nitrogens with zero attached hydrogens (tertiary/aromatic N) is 2. The minimum absolute atomic E-state index is 0.244. The van der Waals surface area contributed by atoms with E-state index in [1.165, 1.54) is 6.07 Å². The second kappa shape index (κ2) is 7.61. The molecule has 2 aromatic rings. The van der Waals surface area contributed by atoms with Crippen LogP contribution in [0, 0.1) is 5.82 Å². The van der Waals surface area contributed by atoms with Crippen molar-refractivity contribution >= 4 is 11.7 Å². The van der Waals surface area contributed by atoms with E-state index in [4.69, 9.17) is 10.5 Å². The zero-order chi connectivity index (χ0) is 18.7. The lowest BCUT2D eigenvalue weighted by atomic mass is 9.98. The van der Waals surface area contributed by atoms with Gasteiger partial charge in [-0.05, 0) is 48.2 Å². The van der Waals surface area contributed by atoms with Crippen LogP contribution in [0.4, 0.5) is 14.9 Å². The molecule has 0 unspecified atom stereocenters. The van der Waals surface area contributed by atoms with E-state index in [-0.39, 0.29) is 12.1 Å². The number of carbonyl (C=O) groups is 1. The number of halogens is 1. The van der Waals surface area contributed by atoms with Crippen molar-refractivity contribution in [2.75, 3.05) is 18.6 Å². The number of ether oxygens (including phenoxy) is 1. The highest BCUT2D eigenvalue weighted by Gasteiger charge is 2.21. The lowest BCUT2D eigenvalue weighted by Gasteiger charge is -2.32. The average Bonchev–Trinajstić information content (AvgIpc) is 2.63. The fraction of sp³-hybridized carbons (Fsp3) is 0.316. The van der Waals surface area contributed by atoms with Crippen LogP contribution >= 0.6 is 0 Å². The van der Waals surface area contributed by atoms with E-state index in [1.807, 2.05) is 24.3 Å². The van der Waals surface area contributed by atoms with E-state index in [1.54, 1.807) is 13.2 Å². The minimum atomic E-state index is -1.01. The summed E-state index contributed by atoms with van der Waals surface area (Å²) < 4.78 is 19.8. The Morgan fingerprint density at radius 1 is 1.38 bits per heavy atom. The highest BCUT2D eigenvalue weighted by atomic mass is 19.1. The summed E-state index contributed by atoms with van der Waals surface area (Å²) in [6, 6.07) is 9.96. The number of hydroxylamine groups is 2. The van der Waals surface area contributed by atoms with Gasteiger partial charge in [0.25, 0.3) is 0 Å². The molecule has 0 saturated carbocycles. The van der Waals surface area contributed by atoms with Crippen LogP contribution in [0.15, 0.2) is 36.4 Å². The van der Waals surface area contributed by atoms with E-state index < -0.39 is 11.8 Å². The van der Waals surface area contributed by atoms with E-state index in [0.29, 0.717) is 11.6 Å². The lowest BCUT2D eigenvalue weighted by molar-refractivity contribution is -0.0477. The molecular formula is C19H22FN3O3. The van der Waals surface area contributed by atoms with Gasteiger partial charge in [-0.25, -0.2) is 14.2 Å². The molecule has 0 spiro atoms. The summed E-state index contributed by atoms with van der Waals surface area (Å²) in [4.78, 5) is 13.1. The molecule has 2 amide bonds. The van der Waals surface area contributed by atoms with Gasteiger partial charge >= 0.3 is 6.03 Å². The quantitative estimate of drug-likeness (QED) is 0.635. The molecule has 1 heterocycles. The largest absolute Gasteiger partial charge is 0.497 e. The highest BCUT2D eigenvalue weighted by Crippen LogP contribution is 2.31. The van der Waals surface area contributed by atoms with E-state index in [2.05, 4.69) is 4.90 Å². The van der Waals surface area contributed by atoms with Gasteiger partial charge in [-0.2, -0.15) is 0 Å². The molecule has 0 radical (unpaired) electrons. The van der Waals surface area contributed by atoms with E-state index in [0.717, 1.165) is 42.0 Å². The van der Waals surface area contributed by atoms with Crippen molar-refractivity contribution < 1.29 is 19.1 Å². The minimum Gasteiger partial charge on any atom is -0.497 e. The van der Waals surface area contributed by atoms with Gasteiger partial charge in [0.1, 0.15) is 11.6 Å². The van der Waals surface area contributed by atoms with Crippen LogP contribution in [0.3, 0.4) is 0 Å². The van der Waals surface area contributed by atoms with Crippen LogP contribution in [0.2, 0.25) is 0 Å². The molecule has 6 nitrogen and oxygen atoms in total. The smallest absolute Gasteiger partial charge is 0.338 e. The molecule has 3 rings (SSSR count). The van der Waals surface area contributed by atoms with Crippen molar-refractivity contribution in [3.05, 3.63) is 58.9 Å². The van der Waals surface area contributed by atoms with Gasteiger partial charge in [-0.15, -0.1) is 0 Å². The molecule has 0 bridgehead atoms. The molecule has 0 saturated heterocycles. The molecule has 0 atom stereocenters. The topological polar surface area (TPSA) is 79.0 Å². The molecule has 7 heteroatoms. The number of methoxy groups -OCH3 is 1. The van der Waals surface area contributed by atoms with Crippen molar-refractivity contribution in [2.24, 2.45) is 5.73 Å². The predicted octanol–water partition coefficient (Wildman–Crippen LogP) is 3.06. The standard InChI is InChI=1S/C19H22FN3O3/c1-26-16-6-2-4-13(8-16)11-22-7-3-5-14-9-15(12-23(25)19(21)24)17(20)10-18(14)22/h2,4,6,8-10,25H,3,5,7,11-12H2,1H3,(H2,21,24). The first kappa shape index (κ1) is 18.0. The van der Waals surface area contributed by atoms with Gasteiger partial charge in [0.15, 0.2) is 0 Å². The van der Waals surface area contributed by atoms with E-state index in [9.17, 15) is 14.4 Å². The first-order chi connectivity index (χ1) is 12.5. The van der Waals surface area contributed by atoms with Gasteiger partial charge in [0.05, 0.1) is 13.7 Å². The summed E-state index contributed by atoms with van der Waals surface area (Å²) >= 11 is 0. The molecule has 26 heavy (non-hydrogen) atoms. The number of carbonyl (C=O) groups excluding carboxylic acids is 1. The maximum Gasteiger partial charge on any atom is 0.338 e. The molecule has 0 aliphatic carbocycles. The summed E-state index contributed by atoms with van der Waals surface area (Å²) in [5.74, 6) is 0.317. The maximum absolute atomic E-state index is 14.5. The second-order valence-electron chi connectivity index (χ2n) is 6.34. The number of benzene rings is 2. The summed E-state index contributed by atoms with van der Waals surface area (Å²) in [5, 5.41) is 9.78. The van der Waals surface area contributed by atoms with Gasteiger partial charge < -0.3 is 15.4 Å². The Bertz CT molecular complexity index is 813. The fourth-order valence-corrected chi connectivity index (χ4v) is 3.25. The van der Waals surface area contributed by atoms with Crippen molar-refractivity contribution in [1.82, 2.24) is 5.06 Å². The summed E-state index contributed by atoms with van der Waals surface area (Å²) in [5.41, 5.74) is 8.15. The maximum atomic E-state index is 14.5. The van der Waals surface area contributed by atoms with Crippen molar-refractivity contribution in [1.29, 1.82) is 0 Å². The van der Waals surface area contributed by atoms with E-state index >= 15 is 0 Å². The molecule has 138 valence electrons. The Labute approximate surface area is 151 Å². The van der Waals surface area contributed by atoms with Crippen molar-refractivity contribution in [2.45, 2.75) is 25.9 Å². The monoisotopic (exact) mass is 359 g/mol. The number of nitrogens with two attached hydrogens (primary N) is 1. The zero-order valence-electron chi connectivity index (χ0n) is 14.6. The third-order valence-electron chi connectivity index (χ3n) is 4.54. The number of hydrogen-bond acceptors (Lipinski definition) is 4. The normalized spacial score (nSPS) is 13.3. The fourth-order valence-electron chi connectivity index (χ4n) is 3.25. The Kier molecular flexibility index (Phi) is 5.27. The third-order valence-corrected chi connectivity index (χ3v) is 4.54. The Morgan fingerprint density at radius 2 is 2.19 bits per heavy atom. The number of aryl methyl sites for hydroxylation is 1. The zero-order valence-corrected chi connectivity index (χ0v) is 14.6. The van der Waals surface area contributed by atoms with Crippen molar-refractivity contribution in [3.8, 4) is 5.75 Å². The Balaban J connectivity index is 1.85. The van der Waals surface area contributed by atoms with Gasteiger partial charge in [0, 0.05) is 24.3 Å². The second-order valence-corrected chi connectivity index (χ2v) is 6.34. The third kappa shape index (κ3) is 3.88. The van der Waals surface area contributed by atoms with Crippen LogP contribution in [0.1, 0.15) is 23.1 Å². The summed E-state index contributed by atoms with van der Waals surface area (Å²) in [6.45, 7) is 1.21. The molecule has 2 aromatic carbocycles. The summed E-state index contributed by atoms with van der Waals surface area (Å²) in [6.07, 6.45) is 1.76. The number of urea groups is 1. The van der Waals surface area contributed by atoms with Gasteiger partial charge in [-0.1, -0.05) is 12.1 Å². The Hall–Kier alpha value is -2.80. The SMILES string of the molecule is COc1cccc(CN2CCCc3cc(CN(O)C(N)=O)c(F)cc32)c1. The van der Waals surface area contributed by atoms with Gasteiger partial charge in [-0.3, -0.25) is 5.21 Å². The highest BCUT2D eigenvalue weighted by molar-refractivity contribution is 5.70. The van der Waals surface area contributed by atoms with Crippen LogP contribution < -0.4 is 15.4 Å². The number of rotatable bonds is 5. The van der Waals surface area contributed by atoms with Crippen LogP contribution in [-0.4, -0.2) is 30.0 Å². The molecule has 0 fully saturated rings. The number of anilines is 1. The summed E-state index contributed by atoms with van der Waals surface area (Å²) in [7, 11) is 1.63.